The number of hydrogen-bond acceptors (Lipinski definition) is 4. The Bertz CT molecular complexity index is 545. The Labute approximate surface area is 177 Å². The van der Waals surface area contributed by atoms with Gasteiger partial charge in [-0.1, -0.05) is 108 Å². The van der Waals surface area contributed by atoms with E-state index in [0.717, 1.165) is 18.4 Å². The van der Waals surface area contributed by atoms with Gasteiger partial charge in [-0.25, -0.2) is 0 Å². The van der Waals surface area contributed by atoms with Crippen molar-refractivity contribution in [2.45, 2.75) is 109 Å². The highest BCUT2D eigenvalue weighted by atomic mass is 16.7. The van der Waals surface area contributed by atoms with Gasteiger partial charge in [0.1, 0.15) is 12.2 Å². The number of rotatable bonds is 15. The molecule has 3 atom stereocenters. The maximum Gasteiger partial charge on any atom is 0.184 e. The average molecular weight is 405 g/mol. The molecule has 4 nitrogen and oxygen atoms in total. The first-order chi connectivity index (χ1) is 14.2. The highest BCUT2D eigenvalue weighted by molar-refractivity contribution is 5.83. The number of hydrogen-bond donors (Lipinski definition) is 1. The van der Waals surface area contributed by atoms with Crippen LogP contribution in [0.2, 0.25) is 0 Å². The third kappa shape index (κ3) is 9.41. The lowest BCUT2D eigenvalue weighted by molar-refractivity contribution is -0.250. The molecule has 1 aliphatic heterocycles. The minimum atomic E-state index is -0.875. The first-order valence-corrected chi connectivity index (χ1v) is 11.7. The Hall–Kier alpha value is -1.23. The molecule has 1 aliphatic rings. The van der Waals surface area contributed by atoms with E-state index in [1.54, 1.807) is 0 Å². The van der Waals surface area contributed by atoms with Gasteiger partial charge in [-0.2, -0.15) is 0 Å². The summed E-state index contributed by atoms with van der Waals surface area (Å²) in [6, 6.07) is 9.58. The molecule has 0 spiro atoms. The molecule has 1 heterocycles. The quantitative estimate of drug-likeness (QED) is 0.358. The van der Waals surface area contributed by atoms with Gasteiger partial charge in [0.15, 0.2) is 12.1 Å². The van der Waals surface area contributed by atoms with Crippen LogP contribution < -0.4 is 0 Å². The van der Waals surface area contributed by atoms with Crippen molar-refractivity contribution >= 4 is 5.78 Å². The van der Waals surface area contributed by atoms with E-state index in [9.17, 15) is 9.90 Å². The van der Waals surface area contributed by atoms with Crippen molar-refractivity contribution in [3.05, 3.63) is 35.9 Å². The molecule has 0 saturated carbocycles. The summed E-state index contributed by atoms with van der Waals surface area (Å²) in [6.07, 6.45) is 13.5. The van der Waals surface area contributed by atoms with Crippen molar-refractivity contribution in [2.24, 2.45) is 0 Å². The summed E-state index contributed by atoms with van der Waals surface area (Å²) in [6.45, 7) is 2.39. The number of Topliss-reactive ketones (excluding diaryl/α,β-unsaturated/α-hetero) is 1. The third-order valence-corrected chi connectivity index (χ3v) is 5.70. The molecular weight excluding hydrogens is 364 g/mol. The van der Waals surface area contributed by atoms with E-state index in [4.69, 9.17) is 9.47 Å². The number of benzene rings is 1. The zero-order valence-electron chi connectivity index (χ0n) is 18.2. The monoisotopic (exact) mass is 404 g/mol. The SMILES string of the molecule is CCCCCCCCCCCCCCC(=O)[C@H]1O[C@@H](c2ccccc2)OC[C@H]1O. The van der Waals surface area contributed by atoms with Crippen LogP contribution in [0.5, 0.6) is 0 Å². The highest BCUT2D eigenvalue weighted by Crippen LogP contribution is 2.27. The van der Waals surface area contributed by atoms with Crippen LogP contribution in [0.4, 0.5) is 0 Å². The lowest BCUT2D eigenvalue weighted by Gasteiger charge is -2.33. The number of unbranched alkanes of at least 4 members (excludes halogenated alkanes) is 11. The maximum absolute atomic E-state index is 12.5. The Morgan fingerprint density at radius 1 is 0.897 bits per heavy atom. The predicted octanol–water partition coefficient (Wildman–Crippen LogP) is 6.12. The number of ether oxygens (including phenoxy) is 2. The van der Waals surface area contributed by atoms with E-state index >= 15 is 0 Å². The van der Waals surface area contributed by atoms with Gasteiger partial charge in [0.25, 0.3) is 0 Å². The largest absolute Gasteiger partial charge is 0.388 e. The van der Waals surface area contributed by atoms with Crippen molar-refractivity contribution in [2.75, 3.05) is 6.61 Å². The molecule has 1 aromatic rings. The van der Waals surface area contributed by atoms with Gasteiger partial charge in [-0.3, -0.25) is 4.79 Å². The van der Waals surface area contributed by atoms with E-state index in [0.29, 0.717) is 6.42 Å². The highest BCUT2D eigenvalue weighted by Gasteiger charge is 2.35. The molecule has 2 rings (SSSR count). The molecule has 1 aromatic carbocycles. The number of ketones is 1. The van der Waals surface area contributed by atoms with Crippen molar-refractivity contribution in [1.82, 2.24) is 0 Å². The van der Waals surface area contributed by atoms with E-state index in [2.05, 4.69) is 6.92 Å². The maximum atomic E-state index is 12.5. The summed E-state index contributed by atoms with van der Waals surface area (Å²) in [5, 5.41) is 10.1. The van der Waals surface area contributed by atoms with Crippen LogP contribution in [0.15, 0.2) is 30.3 Å². The van der Waals surface area contributed by atoms with E-state index in [1.165, 1.54) is 64.2 Å². The molecule has 1 saturated heterocycles. The first-order valence-electron chi connectivity index (χ1n) is 11.7. The lowest BCUT2D eigenvalue weighted by atomic mass is 10.0. The van der Waals surface area contributed by atoms with Gasteiger partial charge in [0.2, 0.25) is 0 Å². The van der Waals surface area contributed by atoms with Crippen LogP contribution in [-0.4, -0.2) is 29.7 Å². The summed E-state index contributed by atoms with van der Waals surface area (Å²) in [7, 11) is 0. The molecule has 0 amide bonds. The van der Waals surface area contributed by atoms with E-state index in [-0.39, 0.29) is 12.4 Å². The number of carbonyl (C=O) groups excluding carboxylic acids is 1. The second-order valence-electron chi connectivity index (χ2n) is 8.31. The standard InChI is InChI=1S/C25H40O4/c1-2-3-4-5-6-7-8-9-10-11-12-16-19-22(26)24-23(27)20-28-25(29-24)21-17-14-13-15-18-21/h13-15,17-18,23-25,27H,2-12,16,19-20H2,1H3/t23-,24-,25+/m1/s1. The molecule has 4 heteroatoms. The zero-order valence-corrected chi connectivity index (χ0v) is 18.2. The molecule has 0 aliphatic carbocycles. The minimum Gasteiger partial charge on any atom is -0.388 e. The fourth-order valence-electron chi connectivity index (χ4n) is 3.89. The molecule has 0 aromatic heterocycles. The number of carbonyl (C=O) groups is 1. The van der Waals surface area contributed by atoms with Crippen LogP contribution in [0.25, 0.3) is 0 Å². The number of aliphatic hydroxyl groups is 1. The second-order valence-corrected chi connectivity index (χ2v) is 8.31. The summed E-state index contributed by atoms with van der Waals surface area (Å²) in [5.41, 5.74) is 0.877. The predicted molar refractivity (Wildman–Crippen MR) is 117 cm³/mol. The van der Waals surface area contributed by atoms with Crippen LogP contribution in [0, 0.1) is 0 Å². The Balaban J connectivity index is 1.53. The van der Waals surface area contributed by atoms with Crippen molar-refractivity contribution < 1.29 is 19.4 Å². The van der Waals surface area contributed by atoms with E-state index < -0.39 is 18.5 Å². The summed E-state index contributed by atoms with van der Waals surface area (Å²) >= 11 is 0. The van der Waals surface area contributed by atoms with Crippen molar-refractivity contribution in [1.29, 1.82) is 0 Å². The Kier molecular flexibility index (Phi) is 12.2. The van der Waals surface area contributed by atoms with Gasteiger partial charge >= 0.3 is 0 Å². The summed E-state index contributed by atoms with van der Waals surface area (Å²) in [5.74, 6) is -0.00573. The molecule has 164 valence electrons. The lowest BCUT2D eigenvalue weighted by Crippen LogP contribution is -2.45. The van der Waals surface area contributed by atoms with Gasteiger partial charge in [0, 0.05) is 12.0 Å². The van der Waals surface area contributed by atoms with Gasteiger partial charge in [-0.15, -0.1) is 0 Å². The smallest absolute Gasteiger partial charge is 0.184 e. The van der Waals surface area contributed by atoms with Gasteiger partial charge in [-0.05, 0) is 6.42 Å². The number of aliphatic hydroxyl groups excluding tert-OH is 1. The third-order valence-electron chi connectivity index (χ3n) is 5.70. The fraction of sp³-hybridized carbons (Fsp3) is 0.720. The van der Waals surface area contributed by atoms with Gasteiger partial charge < -0.3 is 14.6 Å². The Morgan fingerprint density at radius 3 is 2.03 bits per heavy atom. The normalized spacial score (nSPS) is 21.9. The zero-order chi connectivity index (χ0) is 20.7. The average Bonchev–Trinajstić information content (AvgIpc) is 2.75. The molecule has 29 heavy (non-hydrogen) atoms. The van der Waals surface area contributed by atoms with Crippen LogP contribution in [0.1, 0.15) is 102 Å². The summed E-state index contributed by atoms with van der Waals surface area (Å²) in [4.78, 5) is 12.5. The topological polar surface area (TPSA) is 55.8 Å². The van der Waals surface area contributed by atoms with Crippen LogP contribution in [0.3, 0.4) is 0 Å². The molecule has 1 N–H and O–H groups in total. The molecule has 0 unspecified atom stereocenters. The van der Waals surface area contributed by atoms with Crippen LogP contribution >= 0.6 is 0 Å². The molecule has 0 bridgehead atoms. The van der Waals surface area contributed by atoms with Crippen molar-refractivity contribution in [3.63, 3.8) is 0 Å². The first kappa shape index (κ1) is 24.0. The fourth-order valence-corrected chi connectivity index (χ4v) is 3.89. The Morgan fingerprint density at radius 2 is 1.45 bits per heavy atom. The molecule has 0 radical (unpaired) electrons. The van der Waals surface area contributed by atoms with Crippen molar-refractivity contribution in [3.8, 4) is 0 Å². The summed E-state index contributed by atoms with van der Waals surface area (Å²) < 4.78 is 11.3. The van der Waals surface area contributed by atoms with Gasteiger partial charge in [0.05, 0.1) is 6.61 Å². The minimum absolute atomic E-state index is 0.00573. The van der Waals surface area contributed by atoms with E-state index in [1.807, 2.05) is 30.3 Å². The molecule has 1 fully saturated rings. The van der Waals surface area contributed by atoms with Crippen LogP contribution in [-0.2, 0) is 14.3 Å². The molecular formula is C25H40O4. The second kappa shape index (κ2) is 14.7.